The highest BCUT2D eigenvalue weighted by Crippen LogP contribution is 2.25. The van der Waals surface area contributed by atoms with Gasteiger partial charge in [-0.3, -0.25) is 4.79 Å². The Labute approximate surface area is 105 Å². The van der Waals surface area contributed by atoms with Crippen molar-refractivity contribution in [2.45, 2.75) is 6.92 Å². The summed E-state index contributed by atoms with van der Waals surface area (Å²) in [6.45, 7) is 1.85. The second kappa shape index (κ2) is 5.58. The Hall–Kier alpha value is -1.69. The number of hydrogen-bond donors (Lipinski definition) is 2. The van der Waals surface area contributed by atoms with Gasteiger partial charge < -0.3 is 15.0 Å². The molecule has 0 aliphatic heterocycles. The molecule has 0 saturated heterocycles. The second-order valence-electron chi connectivity index (χ2n) is 3.43. The van der Waals surface area contributed by atoms with E-state index in [0.29, 0.717) is 11.4 Å². The van der Waals surface area contributed by atoms with Crippen molar-refractivity contribution in [1.29, 1.82) is 0 Å². The molecule has 1 aromatic carbocycles. The minimum Gasteiger partial charge on any atom is -0.410 e. The lowest BCUT2D eigenvalue weighted by Gasteiger charge is -2.17. The van der Waals surface area contributed by atoms with E-state index in [0.717, 1.165) is 5.56 Å². The summed E-state index contributed by atoms with van der Waals surface area (Å²) < 4.78 is 4.98. The van der Waals surface area contributed by atoms with Gasteiger partial charge in [0, 0.05) is 20.2 Å². The highest BCUT2D eigenvalue weighted by molar-refractivity contribution is 7.96. The fraction of sp³-hybridized carbons (Fsp3) is 0.273. The van der Waals surface area contributed by atoms with Crippen molar-refractivity contribution in [3.05, 3.63) is 23.8 Å². The largest absolute Gasteiger partial charge is 0.412 e. The predicted molar refractivity (Wildman–Crippen MR) is 69.0 cm³/mol. The first-order valence-electron chi connectivity index (χ1n) is 4.92. The van der Waals surface area contributed by atoms with E-state index in [1.54, 1.807) is 25.2 Å². The molecule has 0 radical (unpaired) electrons. The Morgan fingerprint density at radius 3 is 2.59 bits per heavy atom. The number of anilines is 1. The van der Waals surface area contributed by atoms with Crippen molar-refractivity contribution in [3.8, 4) is 5.75 Å². The van der Waals surface area contributed by atoms with Crippen molar-refractivity contribution in [3.63, 3.8) is 0 Å². The quantitative estimate of drug-likeness (QED) is 0.795. The van der Waals surface area contributed by atoms with Crippen molar-refractivity contribution in [2.24, 2.45) is 0 Å². The van der Waals surface area contributed by atoms with Gasteiger partial charge in [-0.2, -0.15) is 0 Å². The number of carbonyl (C=O) groups is 2. The Kier molecular flexibility index (Phi) is 4.39. The zero-order valence-electron chi connectivity index (χ0n) is 9.85. The molecule has 0 aliphatic carbocycles. The fourth-order valence-corrected chi connectivity index (χ4v) is 1.38. The molecule has 5 nitrogen and oxygen atoms in total. The molecule has 0 fully saturated rings. The lowest BCUT2D eigenvalue weighted by Crippen LogP contribution is -2.23. The van der Waals surface area contributed by atoms with Crippen LogP contribution in [0.15, 0.2) is 18.2 Å². The molecule has 0 heterocycles. The van der Waals surface area contributed by atoms with Gasteiger partial charge in [0.25, 0.3) is 5.24 Å². The van der Waals surface area contributed by atoms with Gasteiger partial charge in [0.05, 0.1) is 5.69 Å². The smallest absolute Gasteiger partial charge is 0.410 e. The minimum atomic E-state index is -0.556. The van der Waals surface area contributed by atoms with Gasteiger partial charge in [-0.25, -0.2) is 4.79 Å². The highest BCUT2D eigenvalue weighted by atomic mass is 32.1. The second-order valence-corrected chi connectivity index (χ2v) is 3.81. The first kappa shape index (κ1) is 13.4. The molecule has 0 saturated carbocycles. The van der Waals surface area contributed by atoms with Gasteiger partial charge in [-0.15, -0.1) is 0 Å². The minimum absolute atomic E-state index is 0.367. The number of aryl methyl sites for hydroxylation is 1. The molecule has 0 aliphatic rings. The van der Waals surface area contributed by atoms with Crippen LogP contribution in [-0.2, 0) is 0 Å². The summed E-state index contributed by atoms with van der Waals surface area (Å²) in [6.07, 6.45) is -0.556. The monoisotopic (exact) mass is 254 g/mol. The number of hydrogen-bond acceptors (Lipinski definition) is 3. The lowest BCUT2D eigenvalue weighted by atomic mass is 10.2. The molecule has 0 bridgehead atoms. The van der Waals surface area contributed by atoms with Crippen LogP contribution in [0.5, 0.6) is 5.75 Å². The molecule has 1 rings (SSSR count). The molecule has 0 spiro atoms. The molecule has 17 heavy (non-hydrogen) atoms. The maximum absolute atomic E-state index is 11.2. The molecule has 0 unspecified atom stereocenters. The average Bonchev–Trinajstić information content (AvgIpc) is 2.30. The maximum atomic E-state index is 11.2. The summed E-state index contributed by atoms with van der Waals surface area (Å²) in [7, 11) is 3.07. The van der Waals surface area contributed by atoms with Gasteiger partial charge >= 0.3 is 6.09 Å². The lowest BCUT2D eigenvalue weighted by molar-refractivity contribution is 0.203. The van der Waals surface area contributed by atoms with E-state index >= 15 is 0 Å². The molecule has 1 N–H and O–H groups in total. The standard InChI is InChI=1S/C11H14N2O3S/c1-7-4-5-8(16-10(14)12-2)6-9(7)13(3)11(15)17/h4-6H,1-3H3,(H,12,14)(H,15,17). The topological polar surface area (TPSA) is 58.6 Å². The first-order valence-corrected chi connectivity index (χ1v) is 5.37. The average molecular weight is 254 g/mol. The highest BCUT2D eigenvalue weighted by Gasteiger charge is 2.11. The molecular formula is C11H14N2O3S. The summed E-state index contributed by atoms with van der Waals surface area (Å²) in [5, 5.41) is 1.96. The summed E-state index contributed by atoms with van der Waals surface area (Å²) in [4.78, 5) is 23.6. The van der Waals surface area contributed by atoms with Crippen LogP contribution >= 0.6 is 12.6 Å². The number of rotatable bonds is 2. The van der Waals surface area contributed by atoms with E-state index in [2.05, 4.69) is 17.9 Å². The van der Waals surface area contributed by atoms with Crippen molar-refractivity contribution < 1.29 is 14.3 Å². The Bertz CT molecular complexity index is 448. The van der Waals surface area contributed by atoms with Crippen LogP contribution in [0.1, 0.15) is 5.56 Å². The third-order valence-corrected chi connectivity index (χ3v) is 2.54. The molecular weight excluding hydrogens is 240 g/mol. The third-order valence-electron chi connectivity index (χ3n) is 2.24. The Morgan fingerprint density at radius 1 is 1.41 bits per heavy atom. The zero-order chi connectivity index (χ0) is 13.0. The summed E-state index contributed by atoms with van der Waals surface area (Å²) in [6, 6.07) is 5.03. The van der Waals surface area contributed by atoms with Crippen LogP contribution in [-0.4, -0.2) is 25.4 Å². The SMILES string of the molecule is CNC(=O)Oc1ccc(C)c(N(C)C(=O)S)c1. The molecule has 92 valence electrons. The van der Waals surface area contributed by atoms with E-state index in [9.17, 15) is 9.59 Å². The molecule has 0 atom stereocenters. The summed E-state index contributed by atoms with van der Waals surface area (Å²) >= 11 is 3.74. The van der Waals surface area contributed by atoms with Crippen LogP contribution in [0.4, 0.5) is 15.3 Å². The maximum Gasteiger partial charge on any atom is 0.412 e. The van der Waals surface area contributed by atoms with Crippen LogP contribution in [0.25, 0.3) is 0 Å². The van der Waals surface area contributed by atoms with Gasteiger partial charge in [0.15, 0.2) is 0 Å². The molecule has 6 heteroatoms. The van der Waals surface area contributed by atoms with Crippen LogP contribution in [0, 0.1) is 6.92 Å². The Morgan fingerprint density at radius 2 is 2.06 bits per heavy atom. The van der Waals surface area contributed by atoms with E-state index in [1.807, 2.05) is 6.92 Å². The number of ether oxygens (including phenoxy) is 1. The fourth-order valence-electron chi connectivity index (χ4n) is 1.28. The predicted octanol–water partition coefficient (Wildman–Crippen LogP) is 2.20. The number of amides is 2. The number of nitrogens with one attached hydrogen (secondary N) is 1. The first-order chi connectivity index (χ1) is 7.95. The Balaban J connectivity index is 3.02. The van der Waals surface area contributed by atoms with Gasteiger partial charge in [0.1, 0.15) is 5.75 Å². The summed E-state index contributed by atoms with van der Waals surface area (Å²) in [5.41, 5.74) is 1.53. The van der Waals surface area contributed by atoms with Crippen molar-refractivity contribution >= 4 is 29.6 Å². The van der Waals surface area contributed by atoms with Crippen LogP contribution in [0.2, 0.25) is 0 Å². The van der Waals surface area contributed by atoms with Gasteiger partial charge in [0.2, 0.25) is 0 Å². The van der Waals surface area contributed by atoms with Gasteiger partial charge in [-0.05, 0) is 18.6 Å². The number of carbonyl (C=O) groups excluding carboxylic acids is 2. The van der Waals surface area contributed by atoms with E-state index in [1.165, 1.54) is 11.9 Å². The molecule has 0 aromatic heterocycles. The van der Waals surface area contributed by atoms with E-state index < -0.39 is 6.09 Å². The van der Waals surface area contributed by atoms with E-state index in [-0.39, 0.29) is 5.24 Å². The molecule has 2 amide bonds. The van der Waals surface area contributed by atoms with Gasteiger partial charge in [-0.1, -0.05) is 18.7 Å². The van der Waals surface area contributed by atoms with Crippen LogP contribution < -0.4 is 15.0 Å². The number of thiol groups is 1. The van der Waals surface area contributed by atoms with Crippen molar-refractivity contribution in [1.82, 2.24) is 5.32 Å². The van der Waals surface area contributed by atoms with Crippen LogP contribution in [0.3, 0.4) is 0 Å². The van der Waals surface area contributed by atoms with E-state index in [4.69, 9.17) is 4.74 Å². The molecule has 1 aromatic rings. The zero-order valence-corrected chi connectivity index (χ0v) is 10.7. The summed E-state index contributed by atoms with van der Waals surface area (Å²) in [5.74, 6) is 0.367. The normalized spacial score (nSPS) is 9.65. The number of nitrogens with zero attached hydrogens (tertiary/aromatic N) is 1. The van der Waals surface area contributed by atoms with Crippen molar-refractivity contribution in [2.75, 3.05) is 19.0 Å². The third kappa shape index (κ3) is 3.39. The number of benzene rings is 1.